The number of hydrogen-bond acceptors (Lipinski definition) is 3. The smallest absolute Gasteiger partial charge is 0.0893 e. The first-order chi connectivity index (χ1) is 18.3. The second-order valence-electron chi connectivity index (χ2n) is 9.03. The number of pyridine rings is 2. The van der Waals surface area contributed by atoms with Gasteiger partial charge in [0.25, 0.3) is 0 Å². The third-order valence-corrected chi connectivity index (χ3v) is 6.60. The van der Waals surface area contributed by atoms with Gasteiger partial charge in [0, 0.05) is 21.8 Å². The number of hydrogen-bond donors (Lipinski definition) is 1. The highest BCUT2D eigenvalue weighted by Crippen LogP contribution is 2.31. The van der Waals surface area contributed by atoms with Crippen LogP contribution in [0.15, 0.2) is 132 Å². The van der Waals surface area contributed by atoms with E-state index in [9.17, 15) is 0 Å². The van der Waals surface area contributed by atoms with Gasteiger partial charge in [-0.1, -0.05) is 72.8 Å². The molecular weight excluding hydrogens is 452 g/mol. The van der Waals surface area contributed by atoms with Crippen LogP contribution in [0.1, 0.15) is 22.5 Å². The topological polar surface area (TPSA) is 53.9 Å². The Morgan fingerprint density at radius 3 is 1.76 bits per heavy atom. The van der Waals surface area contributed by atoms with E-state index < -0.39 is 0 Å². The minimum Gasteiger partial charge on any atom is -0.355 e. The minimum absolute atomic E-state index is 0.820. The maximum atomic E-state index is 5.11. The number of fused-ring (bicyclic) bond motifs is 8. The summed E-state index contributed by atoms with van der Waals surface area (Å²) in [6.07, 6.45) is 6.20. The Morgan fingerprint density at radius 2 is 1.08 bits per heavy atom. The SMILES string of the molecule is C1=CC2=C(c3ccccc3)c3cccc(n3)-c3cccc(n3)C(c3ccccc3)=c3ccc([nH]3)=CC1=N2. The first kappa shape index (κ1) is 21.2. The van der Waals surface area contributed by atoms with Crippen molar-refractivity contribution in [2.24, 2.45) is 4.99 Å². The summed E-state index contributed by atoms with van der Waals surface area (Å²) in [5.74, 6) is 0. The number of nitrogens with one attached hydrogen (secondary N) is 1. The van der Waals surface area contributed by atoms with Crippen molar-refractivity contribution in [1.29, 1.82) is 0 Å². The predicted molar refractivity (Wildman–Crippen MR) is 149 cm³/mol. The second-order valence-corrected chi connectivity index (χ2v) is 9.03. The molecule has 174 valence electrons. The Bertz CT molecular complexity index is 1860. The largest absolute Gasteiger partial charge is 0.355 e. The lowest BCUT2D eigenvalue weighted by Gasteiger charge is -2.12. The van der Waals surface area contributed by atoms with Crippen molar-refractivity contribution in [3.63, 3.8) is 0 Å². The molecule has 5 aromatic rings. The zero-order valence-corrected chi connectivity index (χ0v) is 20.0. The maximum Gasteiger partial charge on any atom is 0.0893 e. The molecule has 0 atom stereocenters. The van der Waals surface area contributed by atoms with E-state index in [0.717, 1.165) is 67.2 Å². The summed E-state index contributed by atoms with van der Waals surface area (Å²) in [4.78, 5) is 18.8. The summed E-state index contributed by atoms with van der Waals surface area (Å²) < 4.78 is 0. The van der Waals surface area contributed by atoms with Gasteiger partial charge in [-0.25, -0.2) is 15.0 Å². The molecule has 0 radical (unpaired) electrons. The van der Waals surface area contributed by atoms with Crippen LogP contribution in [0, 0.1) is 0 Å². The van der Waals surface area contributed by atoms with Crippen molar-refractivity contribution in [2.45, 2.75) is 0 Å². The van der Waals surface area contributed by atoms with Gasteiger partial charge in [0.2, 0.25) is 0 Å². The molecule has 0 aliphatic carbocycles. The molecule has 0 spiro atoms. The molecule has 0 saturated carbocycles. The van der Waals surface area contributed by atoms with Crippen molar-refractivity contribution in [1.82, 2.24) is 15.0 Å². The van der Waals surface area contributed by atoms with Crippen LogP contribution in [0.2, 0.25) is 0 Å². The molecule has 4 heteroatoms. The molecule has 0 fully saturated rings. The van der Waals surface area contributed by atoms with Crippen molar-refractivity contribution >= 4 is 22.9 Å². The fraction of sp³-hybridized carbons (Fsp3) is 0. The number of nitrogens with zero attached hydrogens (tertiary/aromatic N) is 3. The van der Waals surface area contributed by atoms with Gasteiger partial charge in [-0.3, -0.25) is 0 Å². The van der Waals surface area contributed by atoms with Crippen LogP contribution < -0.4 is 10.7 Å². The Kier molecular flexibility index (Phi) is 5.07. The summed E-state index contributed by atoms with van der Waals surface area (Å²) in [6, 6.07) is 37.1. The monoisotopic (exact) mass is 474 g/mol. The van der Waals surface area contributed by atoms with Gasteiger partial charge in [-0.2, -0.15) is 0 Å². The molecule has 37 heavy (non-hydrogen) atoms. The molecule has 2 aliphatic heterocycles. The average Bonchev–Trinajstić information content (AvgIpc) is 3.60. The summed E-state index contributed by atoms with van der Waals surface area (Å²) in [7, 11) is 0. The zero-order chi connectivity index (χ0) is 24.6. The van der Waals surface area contributed by atoms with E-state index in [2.05, 4.69) is 83.9 Å². The Balaban J connectivity index is 1.56. The Morgan fingerprint density at radius 1 is 0.486 bits per heavy atom. The highest BCUT2D eigenvalue weighted by Gasteiger charge is 2.17. The van der Waals surface area contributed by atoms with Crippen molar-refractivity contribution in [3.8, 4) is 11.4 Å². The van der Waals surface area contributed by atoms with Crippen LogP contribution in [-0.2, 0) is 0 Å². The number of benzene rings is 2. The van der Waals surface area contributed by atoms with Gasteiger partial charge < -0.3 is 4.98 Å². The zero-order valence-electron chi connectivity index (χ0n) is 20.0. The highest BCUT2D eigenvalue weighted by molar-refractivity contribution is 6.19. The lowest BCUT2D eigenvalue weighted by Crippen LogP contribution is -2.15. The number of aliphatic imine (C=N–C) groups is 1. The molecule has 0 unspecified atom stereocenters. The van der Waals surface area contributed by atoms with E-state index >= 15 is 0 Å². The van der Waals surface area contributed by atoms with E-state index in [-0.39, 0.29) is 0 Å². The standard InChI is InChI=1S/C33H22N4/c1-3-9-22(10-4-1)32-28-15-7-13-26(36-28)27-14-8-16-29(37-27)33(23-11-5-2-6-12-23)31-20-18-25(35-31)21-24-17-19-30(32)34-24/h1-21,34H. The van der Waals surface area contributed by atoms with Gasteiger partial charge in [0.05, 0.1) is 34.2 Å². The number of allylic oxidation sites excluding steroid dienone is 2. The molecule has 7 rings (SSSR count). The molecule has 0 amide bonds. The Labute approximate surface area is 214 Å². The van der Waals surface area contributed by atoms with Crippen molar-refractivity contribution in [3.05, 3.63) is 160 Å². The number of rotatable bonds is 2. The number of aromatic amines is 1. The van der Waals surface area contributed by atoms with Crippen molar-refractivity contribution in [2.75, 3.05) is 0 Å². The molecule has 2 aromatic carbocycles. The maximum absolute atomic E-state index is 5.11. The first-order valence-corrected chi connectivity index (χ1v) is 12.3. The van der Waals surface area contributed by atoms with Crippen molar-refractivity contribution < 1.29 is 0 Å². The lowest BCUT2D eigenvalue weighted by molar-refractivity contribution is 1.19. The third kappa shape index (κ3) is 3.95. The van der Waals surface area contributed by atoms with E-state index in [1.165, 1.54) is 0 Å². The third-order valence-electron chi connectivity index (χ3n) is 6.60. The molecular formula is C33H22N4. The summed E-state index contributed by atoms with van der Waals surface area (Å²) in [6.45, 7) is 0. The second kappa shape index (κ2) is 8.85. The highest BCUT2D eigenvalue weighted by atomic mass is 14.8. The van der Waals surface area contributed by atoms with Crippen LogP contribution in [0.3, 0.4) is 0 Å². The van der Waals surface area contributed by atoms with Crippen LogP contribution in [0.25, 0.3) is 28.6 Å². The quantitative estimate of drug-likeness (QED) is 0.378. The van der Waals surface area contributed by atoms with Crippen LogP contribution in [0.5, 0.6) is 0 Å². The summed E-state index contributed by atoms with van der Waals surface area (Å²) in [5.41, 5.74) is 9.39. The van der Waals surface area contributed by atoms with Crippen LogP contribution in [0.4, 0.5) is 0 Å². The molecule has 2 aliphatic rings. The van der Waals surface area contributed by atoms with E-state index in [1.807, 2.05) is 48.5 Å². The van der Waals surface area contributed by atoms with Gasteiger partial charge in [-0.05, 0) is 65.8 Å². The number of aromatic nitrogens is 3. The fourth-order valence-electron chi connectivity index (χ4n) is 4.91. The summed E-state index contributed by atoms with van der Waals surface area (Å²) in [5, 5.41) is 1.99. The average molecular weight is 475 g/mol. The first-order valence-electron chi connectivity index (χ1n) is 12.3. The van der Waals surface area contributed by atoms with Gasteiger partial charge in [0.1, 0.15) is 0 Å². The van der Waals surface area contributed by atoms with E-state index in [0.29, 0.717) is 0 Å². The molecule has 0 saturated heterocycles. The minimum atomic E-state index is 0.820. The van der Waals surface area contributed by atoms with Crippen LogP contribution in [-0.4, -0.2) is 20.7 Å². The van der Waals surface area contributed by atoms with Gasteiger partial charge in [-0.15, -0.1) is 0 Å². The molecule has 3 aromatic heterocycles. The lowest BCUT2D eigenvalue weighted by atomic mass is 9.99. The number of H-pyrrole nitrogens is 1. The van der Waals surface area contributed by atoms with Crippen LogP contribution >= 0.6 is 0 Å². The Hall–Kier alpha value is -5.09. The summed E-state index contributed by atoms with van der Waals surface area (Å²) >= 11 is 0. The molecule has 8 bridgehead atoms. The molecule has 4 nitrogen and oxygen atoms in total. The molecule has 5 heterocycles. The fourth-order valence-corrected chi connectivity index (χ4v) is 4.91. The van der Waals surface area contributed by atoms with Gasteiger partial charge in [0.15, 0.2) is 0 Å². The normalized spacial score (nSPS) is 14.1. The van der Waals surface area contributed by atoms with E-state index in [4.69, 9.17) is 15.0 Å². The van der Waals surface area contributed by atoms with Gasteiger partial charge >= 0.3 is 0 Å². The van der Waals surface area contributed by atoms with E-state index in [1.54, 1.807) is 0 Å². The predicted octanol–water partition coefficient (Wildman–Crippen LogP) is 5.28. The molecule has 1 N–H and O–H groups in total.